The largest absolute Gasteiger partial charge is 0.240 e. The van der Waals surface area contributed by atoms with Crippen LogP contribution in [0.4, 0.5) is 0 Å². The van der Waals surface area contributed by atoms with E-state index in [0.29, 0.717) is 0 Å². The molecule has 0 N–H and O–H groups in total. The van der Waals surface area contributed by atoms with E-state index >= 15 is 0 Å². The lowest BCUT2D eigenvalue weighted by Gasteiger charge is -2.01. The minimum absolute atomic E-state index is 1.17. The molecule has 2 heteroatoms. The molecule has 0 saturated carbocycles. The van der Waals surface area contributed by atoms with Crippen LogP contribution in [0.15, 0.2) is 42.7 Å². The smallest absolute Gasteiger partial charge is 0.0739 e. The van der Waals surface area contributed by atoms with Gasteiger partial charge in [-0.05, 0) is 24.4 Å². The SMILES string of the molecule is Cc1ccc2c(ccn3nccc23)c1. The topological polar surface area (TPSA) is 17.3 Å². The summed E-state index contributed by atoms with van der Waals surface area (Å²) in [6.07, 6.45) is 3.83. The monoisotopic (exact) mass is 182 g/mol. The fourth-order valence-electron chi connectivity index (χ4n) is 1.85. The van der Waals surface area contributed by atoms with Gasteiger partial charge in [-0.2, -0.15) is 5.10 Å². The zero-order chi connectivity index (χ0) is 9.54. The number of aryl methyl sites for hydroxylation is 1. The van der Waals surface area contributed by atoms with Gasteiger partial charge in [0.25, 0.3) is 0 Å². The Hall–Kier alpha value is -1.83. The Morgan fingerprint density at radius 2 is 2.07 bits per heavy atom. The van der Waals surface area contributed by atoms with Gasteiger partial charge in [0.1, 0.15) is 0 Å². The van der Waals surface area contributed by atoms with Crippen molar-refractivity contribution in [2.24, 2.45) is 0 Å². The quantitative estimate of drug-likeness (QED) is 0.522. The predicted octanol–water partition coefficient (Wildman–Crippen LogP) is 2.80. The third-order valence-corrected chi connectivity index (χ3v) is 2.55. The molecule has 0 amide bonds. The molecule has 0 aliphatic carbocycles. The zero-order valence-corrected chi connectivity index (χ0v) is 7.94. The zero-order valence-electron chi connectivity index (χ0n) is 7.94. The van der Waals surface area contributed by atoms with E-state index in [2.05, 4.69) is 36.3 Å². The van der Waals surface area contributed by atoms with Crippen LogP contribution in [-0.4, -0.2) is 9.61 Å². The maximum absolute atomic E-state index is 4.21. The van der Waals surface area contributed by atoms with Crippen LogP contribution in [-0.2, 0) is 0 Å². The fraction of sp³-hybridized carbons (Fsp3) is 0.0833. The molecular formula is C12H10N2. The molecule has 0 aliphatic heterocycles. The number of nitrogens with zero attached hydrogens (tertiary/aromatic N) is 2. The van der Waals surface area contributed by atoms with Crippen molar-refractivity contribution >= 4 is 16.3 Å². The Bertz CT molecular complexity index is 608. The number of hydrogen-bond acceptors (Lipinski definition) is 1. The summed E-state index contributed by atoms with van der Waals surface area (Å²) >= 11 is 0. The highest BCUT2D eigenvalue weighted by Gasteiger charge is 1.99. The predicted molar refractivity (Wildman–Crippen MR) is 57.4 cm³/mol. The molecule has 3 rings (SSSR count). The first-order valence-electron chi connectivity index (χ1n) is 4.67. The van der Waals surface area contributed by atoms with Crippen molar-refractivity contribution < 1.29 is 0 Å². The maximum atomic E-state index is 4.21. The van der Waals surface area contributed by atoms with Gasteiger partial charge < -0.3 is 0 Å². The summed E-state index contributed by atoms with van der Waals surface area (Å²) in [7, 11) is 0. The Kier molecular flexibility index (Phi) is 1.39. The van der Waals surface area contributed by atoms with Gasteiger partial charge in [-0.1, -0.05) is 23.8 Å². The lowest BCUT2D eigenvalue weighted by Crippen LogP contribution is -1.86. The lowest BCUT2D eigenvalue weighted by molar-refractivity contribution is 0.967. The first kappa shape index (κ1) is 7.56. The molecule has 0 bridgehead atoms. The Labute approximate surface area is 81.8 Å². The number of pyridine rings is 1. The third-order valence-electron chi connectivity index (χ3n) is 2.55. The summed E-state index contributed by atoms with van der Waals surface area (Å²) in [4.78, 5) is 0. The molecule has 0 spiro atoms. The van der Waals surface area contributed by atoms with E-state index in [-0.39, 0.29) is 0 Å². The molecule has 14 heavy (non-hydrogen) atoms. The van der Waals surface area contributed by atoms with Gasteiger partial charge >= 0.3 is 0 Å². The van der Waals surface area contributed by atoms with Gasteiger partial charge in [0, 0.05) is 17.8 Å². The number of hydrogen-bond donors (Lipinski definition) is 0. The fourth-order valence-corrected chi connectivity index (χ4v) is 1.85. The molecule has 0 fully saturated rings. The molecule has 0 radical (unpaired) electrons. The lowest BCUT2D eigenvalue weighted by atomic mass is 10.1. The van der Waals surface area contributed by atoms with Gasteiger partial charge in [0.05, 0.1) is 5.52 Å². The molecule has 3 aromatic rings. The van der Waals surface area contributed by atoms with Crippen LogP contribution in [0.1, 0.15) is 5.56 Å². The summed E-state index contributed by atoms with van der Waals surface area (Å²) in [5, 5.41) is 6.74. The molecule has 2 aromatic heterocycles. The van der Waals surface area contributed by atoms with Crippen LogP contribution in [0.25, 0.3) is 16.3 Å². The van der Waals surface area contributed by atoms with Gasteiger partial charge in [-0.15, -0.1) is 0 Å². The van der Waals surface area contributed by atoms with Gasteiger partial charge in [0.2, 0.25) is 0 Å². The van der Waals surface area contributed by atoms with Crippen LogP contribution >= 0.6 is 0 Å². The molecule has 0 atom stereocenters. The van der Waals surface area contributed by atoms with Crippen molar-refractivity contribution in [2.75, 3.05) is 0 Å². The highest BCUT2D eigenvalue weighted by atomic mass is 15.2. The molecule has 0 aliphatic rings. The Balaban J connectivity index is 2.57. The van der Waals surface area contributed by atoms with E-state index in [1.165, 1.54) is 21.9 Å². The maximum Gasteiger partial charge on any atom is 0.0739 e. The first-order valence-corrected chi connectivity index (χ1v) is 4.67. The first-order chi connectivity index (χ1) is 6.84. The van der Waals surface area contributed by atoms with Crippen LogP contribution in [0.5, 0.6) is 0 Å². The highest BCUT2D eigenvalue weighted by Crippen LogP contribution is 2.20. The number of rotatable bonds is 0. The second kappa shape index (κ2) is 2.58. The van der Waals surface area contributed by atoms with E-state index in [1.54, 1.807) is 0 Å². The van der Waals surface area contributed by atoms with Crippen molar-refractivity contribution in [1.29, 1.82) is 0 Å². The number of fused-ring (bicyclic) bond motifs is 3. The van der Waals surface area contributed by atoms with Gasteiger partial charge in [-0.25, -0.2) is 4.52 Å². The molecule has 0 unspecified atom stereocenters. The molecule has 68 valence electrons. The molecular weight excluding hydrogens is 172 g/mol. The second-order valence-corrected chi connectivity index (χ2v) is 3.57. The van der Waals surface area contributed by atoms with Crippen molar-refractivity contribution in [3.8, 4) is 0 Å². The number of benzene rings is 1. The van der Waals surface area contributed by atoms with Crippen LogP contribution in [0, 0.1) is 6.92 Å². The molecule has 0 saturated heterocycles. The van der Waals surface area contributed by atoms with Crippen LogP contribution in [0.2, 0.25) is 0 Å². The van der Waals surface area contributed by atoms with Crippen molar-refractivity contribution in [2.45, 2.75) is 6.92 Å². The van der Waals surface area contributed by atoms with E-state index in [1.807, 2.05) is 23.0 Å². The summed E-state index contributed by atoms with van der Waals surface area (Å²) in [6, 6.07) is 10.6. The highest BCUT2D eigenvalue weighted by molar-refractivity contribution is 5.95. The second-order valence-electron chi connectivity index (χ2n) is 3.57. The van der Waals surface area contributed by atoms with Gasteiger partial charge in [-0.3, -0.25) is 0 Å². The van der Waals surface area contributed by atoms with Gasteiger partial charge in [0.15, 0.2) is 0 Å². The summed E-state index contributed by atoms with van der Waals surface area (Å²) in [5.41, 5.74) is 2.46. The molecule has 2 nitrogen and oxygen atoms in total. The van der Waals surface area contributed by atoms with Crippen LogP contribution in [0.3, 0.4) is 0 Å². The van der Waals surface area contributed by atoms with Crippen molar-refractivity contribution in [3.05, 3.63) is 48.3 Å². The summed E-state index contributed by atoms with van der Waals surface area (Å²) in [5.74, 6) is 0. The molecule has 1 aromatic carbocycles. The average molecular weight is 182 g/mol. The van der Waals surface area contributed by atoms with E-state index in [9.17, 15) is 0 Å². The minimum atomic E-state index is 1.17. The standard InChI is InChI=1S/C12H10N2/c1-9-2-3-11-10(8-9)5-7-14-12(11)4-6-13-14/h2-8H,1H3. The number of aromatic nitrogens is 2. The Morgan fingerprint density at radius 3 is 3.00 bits per heavy atom. The minimum Gasteiger partial charge on any atom is -0.240 e. The van der Waals surface area contributed by atoms with Crippen molar-refractivity contribution in [1.82, 2.24) is 9.61 Å². The van der Waals surface area contributed by atoms with Crippen LogP contribution < -0.4 is 0 Å². The van der Waals surface area contributed by atoms with Crippen molar-refractivity contribution in [3.63, 3.8) is 0 Å². The normalized spacial score (nSPS) is 11.2. The van der Waals surface area contributed by atoms with E-state index < -0.39 is 0 Å². The molecule has 2 heterocycles. The van der Waals surface area contributed by atoms with E-state index in [0.717, 1.165) is 0 Å². The summed E-state index contributed by atoms with van der Waals surface area (Å²) in [6.45, 7) is 2.11. The summed E-state index contributed by atoms with van der Waals surface area (Å²) < 4.78 is 1.90. The third kappa shape index (κ3) is 0.940. The Morgan fingerprint density at radius 1 is 1.14 bits per heavy atom. The average Bonchev–Trinajstić information content (AvgIpc) is 2.65. The van der Waals surface area contributed by atoms with E-state index in [4.69, 9.17) is 0 Å².